The van der Waals surface area contributed by atoms with Crippen molar-refractivity contribution in [3.8, 4) is 11.5 Å². The molecule has 0 saturated heterocycles. The number of nitrogens with one attached hydrogen (secondary N) is 1. The SMILES string of the molecule is NC(=O)c1ccc(C(=O)Nc2ccc(Oc3ccccc3Cl)cc2)cc1. The van der Waals surface area contributed by atoms with Gasteiger partial charge in [-0.05, 0) is 60.7 Å². The van der Waals surface area contributed by atoms with Gasteiger partial charge in [-0.15, -0.1) is 0 Å². The van der Waals surface area contributed by atoms with E-state index in [0.717, 1.165) is 0 Å². The summed E-state index contributed by atoms with van der Waals surface area (Å²) in [6.07, 6.45) is 0. The molecular weight excluding hydrogens is 352 g/mol. The molecule has 0 aliphatic rings. The van der Waals surface area contributed by atoms with Gasteiger partial charge in [0.2, 0.25) is 5.91 Å². The molecule has 5 nitrogen and oxygen atoms in total. The van der Waals surface area contributed by atoms with E-state index in [-0.39, 0.29) is 5.91 Å². The largest absolute Gasteiger partial charge is 0.456 e. The first-order chi connectivity index (χ1) is 12.5. The molecule has 0 saturated carbocycles. The average molecular weight is 367 g/mol. The number of carbonyl (C=O) groups is 2. The van der Waals surface area contributed by atoms with E-state index in [0.29, 0.717) is 33.3 Å². The van der Waals surface area contributed by atoms with E-state index in [1.165, 1.54) is 12.1 Å². The highest BCUT2D eigenvalue weighted by Crippen LogP contribution is 2.29. The Balaban J connectivity index is 1.66. The van der Waals surface area contributed by atoms with Gasteiger partial charge in [0.25, 0.3) is 5.91 Å². The van der Waals surface area contributed by atoms with Crippen LogP contribution in [0.2, 0.25) is 5.02 Å². The summed E-state index contributed by atoms with van der Waals surface area (Å²) in [5.41, 5.74) is 6.57. The minimum atomic E-state index is -0.536. The van der Waals surface area contributed by atoms with Crippen LogP contribution in [0.3, 0.4) is 0 Å². The van der Waals surface area contributed by atoms with Gasteiger partial charge in [0.05, 0.1) is 5.02 Å². The molecule has 0 aromatic heterocycles. The lowest BCUT2D eigenvalue weighted by Gasteiger charge is -2.09. The third-order valence-corrected chi connectivity index (χ3v) is 3.92. The third-order valence-electron chi connectivity index (χ3n) is 3.61. The minimum Gasteiger partial charge on any atom is -0.456 e. The van der Waals surface area contributed by atoms with E-state index >= 15 is 0 Å². The zero-order valence-electron chi connectivity index (χ0n) is 13.6. The summed E-state index contributed by atoms with van der Waals surface area (Å²) in [4.78, 5) is 23.3. The van der Waals surface area contributed by atoms with Crippen LogP contribution in [0.15, 0.2) is 72.8 Å². The summed E-state index contributed by atoms with van der Waals surface area (Å²) >= 11 is 6.06. The fraction of sp³-hybridized carbons (Fsp3) is 0. The smallest absolute Gasteiger partial charge is 0.255 e. The fourth-order valence-electron chi connectivity index (χ4n) is 2.25. The highest BCUT2D eigenvalue weighted by atomic mass is 35.5. The Morgan fingerprint density at radius 1 is 0.846 bits per heavy atom. The van der Waals surface area contributed by atoms with Crippen molar-refractivity contribution in [1.82, 2.24) is 0 Å². The maximum Gasteiger partial charge on any atom is 0.255 e. The second-order valence-corrected chi connectivity index (χ2v) is 5.86. The fourth-order valence-corrected chi connectivity index (χ4v) is 2.42. The number of nitrogens with two attached hydrogens (primary N) is 1. The molecular formula is C20H15ClN2O3. The Bertz CT molecular complexity index is 938. The monoisotopic (exact) mass is 366 g/mol. The van der Waals surface area contributed by atoms with Crippen LogP contribution in [0.25, 0.3) is 0 Å². The number of amides is 2. The molecule has 0 bridgehead atoms. The predicted octanol–water partition coefficient (Wildman–Crippen LogP) is 4.48. The molecule has 0 radical (unpaired) electrons. The number of primary amides is 1. The van der Waals surface area contributed by atoms with Crippen LogP contribution >= 0.6 is 11.6 Å². The minimum absolute atomic E-state index is 0.291. The lowest BCUT2D eigenvalue weighted by atomic mass is 10.1. The number of hydrogen-bond acceptors (Lipinski definition) is 3. The van der Waals surface area contributed by atoms with E-state index < -0.39 is 5.91 Å². The van der Waals surface area contributed by atoms with Gasteiger partial charge < -0.3 is 15.8 Å². The Kier molecular flexibility index (Phi) is 5.20. The molecule has 0 heterocycles. The first kappa shape index (κ1) is 17.5. The van der Waals surface area contributed by atoms with Crippen molar-refractivity contribution < 1.29 is 14.3 Å². The van der Waals surface area contributed by atoms with Crippen molar-refractivity contribution in [2.45, 2.75) is 0 Å². The maximum atomic E-state index is 12.2. The molecule has 3 aromatic rings. The molecule has 130 valence electrons. The van der Waals surface area contributed by atoms with Gasteiger partial charge in [0.15, 0.2) is 0 Å². The van der Waals surface area contributed by atoms with Crippen molar-refractivity contribution in [1.29, 1.82) is 0 Å². The second-order valence-electron chi connectivity index (χ2n) is 5.45. The van der Waals surface area contributed by atoms with E-state index in [9.17, 15) is 9.59 Å². The third kappa shape index (κ3) is 4.20. The number of benzene rings is 3. The first-order valence-electron chi connectivity index (χ1n) is 7.76. The van der Waals surface area contributed by atoms with Gasteiger partial charge in [0.1, 0.15) is 11.5 Å². The Morgan fingerprint density at radius 3 is 2.08 bits per heavy atom. The van der Waals surface area contributed by atoms with Crippen molar-refractivity contribution in [2.24, 2.45) is 5.73 Å². The van der Waals surface area contributed by atoms with Crippen LogP contribution in [0.4, 0.5) is 5.69 Å². The van der Waals surface area contributed by atoms with Gasteiger partial charge >= 0.3 is 0 Å². The van der Waals surface area contributed by atoms with Crippen molar-refractivity contribution in [2.75, 3.05) is 5.32 Å². The number of para-hydroxylation sites is 1. The van der Waals surface area contributed by atoms with Crippen LogP contribution < -0.4 is 15.8 Å². The lowest BCUT2D eigenvalue weighted by Crippen LogP contribution is -2.14. The van der Waals surface area contributed by atoms with Crippen molar-refractivity contribution in [3.05, 3.63) is 88.9 Å². The zero-order chi connectivity index (χ0) is 18.5. The van der Waals surface area contributed by atoms with Crippen molar-refractivity contribution >= 4 is 29.1 Å². The quantitative estimate of drug-likeness (QED) is 0.698. The first-order valence-corrected chi connectivity index (χ1v) is 8.14. The summed E-state index contributed by atoms with van der Waals surface area (Å²) in [7, 11) is 0. The normalized spacial score (nSPS) is 10.2. The summed E-state index contributed by atoms with van der Waals surface area (Å²) < 4.78 is 5.70. The lowest BCUT2D eigenvalue weighted by molar-refractivity contribution is 0.0995. The Morgan fingerprint density at radius 2 is 1.46 bits per heavy atom. The second kappa shape index (κ2) is 7.72. The molecule has 26 heavy (non-hydrogen) atoms. The van der Waals surface area contributed by atoms with Gasteiger partial charge in [-0.2, -0.15) is 0 Å². The molecule has 3 rings (SSSR count). The molecule has 2 amide bonds. The summed E-state index contributed by atoms with van der Waals surface area (Å²) in [6, 6.07) is 20.2. The zero-order valence-corrected chi connectivity index (χ0v) is 14.4. The molecule has 3 aromatic carbocycles. The number of rotatable bonds is 5. The number of anilines is 1. The number of ether oxygens (including phenoxy) is 1. The summed E-state index contributed by atoms with van der Waals surface area (Å²) in [6.45, 7) is 0. The highest BCUT2D eigenvalue weighted by Gasteiger charge is 2.08. The molecule has 0 unspecified atom stereocenters. The molecule has 3 N–H and O–H groups in total. The van der Waals surface area contributed by atoms with Crippen LogP contribution in [-0.2, 0) is 0 Å². The Labute approximate surface area is 155 Å². The molecule has 0 fully saturated rings. The van der Waals surface area contributed by atoms with Gasteiger partial charge in [0, 0.05) is 16.8 Å². The van der Waals surface area contributed by atoms with Gasteiger partial charge in [-0.3, -0.25) is 9.59 Å². The number of carbonyl (C=O) groups excluding carboxylic acids is 2. The predicted molar refractivity (Wildman–Crippen MR) is 101 cm³/mol. The van der Waals surface area contributed by atoms with Crippen molar-refractivity contribution in [3.63, 3.8) is 0 Å². The molecule has 0 spiro atoms. The van der Waals surface area contributed by atoms with E-state index in [4.69, 9.17) is 22.1 Å². The summed E-state index contributed by atoms with van der Waals surface area (Å²) in [5, 5.41) is 3.29. The molecule has 0 atom stereocenters. The molecule has 0 aliphatic carbocycles. The highest BCUT2D eigenvalue weighted by molar-refractivity contribution is 6.32. The molecule has 6 heteroatoms. The van der Waals surface area contributed by atoms with Crippen LogP contribution in [0.5, 0.6) is 11.5 Å². The van der Waals surface area contributed by atoms with Gasteiger partial charge in [-0.1, -0.05) is 23.7 Å². The van der Waals surface area contributed by atoms with Crippen LogP contribution in [0, 0.1) is 0 Å². The van der Waals surface area contributed by atoms with E-state index in [1.54, 1.807) is 48.5 Å². The average Bonchev–Trinajstić information content (AvgIpc) is 2.65. The standard InChI is InChI=1S/C20H15ClN2O3/c21-17-3-1-2-4-18(17)26-16-11-9-15(10-12-16)23-20(25)14-7-5-13(6-8-14)19(22)24/h1-12H,(H2,22,24)(H,23,25). The number of halogens is 1. The topological polar surface area (TPSA) is 81.4 Å². The maximum absolute atomic E-state index is 12.2. The Hall–Kier alpha value is -3.31. The van der Waals surface area contributed by atoms with Crippen LogP contribution in [0.1, 0.15) is 20.7 Å². The van der Waals surface area contributed by atoms with E-state index in [2.05, 4.69) is 5.32 Å². The van der Waals surface area contributed by atoms with E-state index in [1.807, 2.05) is 12.1 Å². The van der Waals surface area contributed by atoms with Gasteiger partial charge in [-0.25, -0.2) is 0 Å². The summed E-state index contributed by atoms with van der Waals surface area (Å²) in [5.74, 6) is 0.328. The van der Waals surface area contributed by atoms with Crippen LogP contribution in [-0.4, -0.2) is 11.8 Å². The molecule has 0 aliphatic heterocycles. The number of hydrogen-bond donors (Lipinski definition) is 2.